The molecule has 1 aliphatic carbocycles. The fourth-order valence-corrected chi connectivity index (χ4v) is 3.88. The topological polar surface area (TPSA) is 84.8 Å². The molecule has 0 bridgehead atoms. The number of ether oxygens (including phenoxy) is 1. The van der Waals surface area contributed by atoms with Crippen LogP contribution < -0.4 is 10.1 Å². The predicted molar refractivity (Wildman–Crippen MR) is 106 cm³/mol. The maximum Gasteiger partial charge on any atom is 0.272 e. The summed E-state index contributed by atoms with van der Waals surface area (Å²) in [4.78, 5) is 12.7. The molecular weight excluding hydrogens is 354 g/mol. The Morgan fingerprint density at radius 2 is 2.07 bits per heavy atom. The van der Waals surface area contributed by atoms with Crippen LogP contribution in [0.1, 0.15) is 53.7 Å². The lowest BCUT2D eigenvalue weighted by Gasteiger charge is -2.35. The van der Waals surface area contributed by atoms with Gasteiger partial charge in [0.15, 0.2) is 0 Å². The highest BCUT2D eigenvalue weighted by Gasteiger charge is 2.36. The van der Waals surface area contributed by atoms with E-state index in [2.05, 4.69) is 34.5 Å². The number of fused-ring (bicyclic) bond motifs is 1. The van der Waals surface area contributed by atoms with Crippen LogP contribution >= 0.6 is 0 Å². The number of carbonyl (C=O) groups excluding carboxylic acids is 1. The first kappa shape index (κ1) is 18.3. The number of rotatable bonds is 4. The van der Waals surface area contributed by atoms with Gasteiger partial charge in [-0.05, 0) is 55.5 Å². The van der Waals surface area contributed by atoms with Gasteiger partial charge in [0.1, 0.15) is 11.4 Å². The SMILES string of the molecule is COc1ccc(-n2ncc3c2CC(C)(C)C[C@@H]3NC(=O)c2cc(C)[nH]n2)cc1. The van der Waals surface area contributed by atoms with Crippen LogP contribution in [0.15, 0.2) is 36.5 Å². The van der Waals surface area contributed by atoms with Crippen molar-refractivity contribution in [2.24, 2.45) is 5.41 Å². The zero-order valence-corrected chi connectivity index (χ0v) is 16.6. The van der Waals surface area contributed by atoms with Gasteiger partial charge in [-0.3, -0.25) is 9.89 Å². The van der Waals surface area contributed by atoms with Gasteiger partial charge in [0.05, 0.1) is 30.7 Å². The standard InChI is InChI=1S/C21H25N5O2/c1-13-9-17(25-24-13)20(27)23-18-10-21(2,3)11-19-16(18)12-22-26(19)14-5-7-15(28-4)8-6-14/h5-9,12,18H,10-11H2,1-4H3,(H,23,27)(H,24,25)/t18-/m0/s1. The minimum Gasteiger partial charge on any atom is -0.497 e. The van der Waals surface area contributed by atoms with E-state index in [-0.39, 0.29) is 17.4 Å². The molecule has 0 saturated heterocycles. The van der Waals surface area contributed by atoms with Crippen molar-refractivity contribution in [3.63, 3.8) is 0 Å². The van der Waals surface area contributed by atoms with Gasteiger partial charge in [-0.15, -0.1) is 0 Å². The molecule has 0 saturated carbocycles. The number of benzene rings is 1. The first-order valence-electron chi connectivity index (χ1n) is 9.40. The Kier molecular flexibility index (Phi) is 4.45. The van der Waals surface area contributed by atoms with E-state index in [9.17, 15) is 4.79 Å². The smallest absolute Gasteiger partial charge is 0.272 e. The molecule has 7 heteroatoms. The molecule has 2 N–H and O–H groups in total. The fraction of sp³-hybridized carbons (Fsp3) is 0.381. The number of aryl methyl sites for hydroxylation is 1. The van der Waals surface area contributed by atoms with Crippen LogP contribution in [0.2, 0.25) is 0 Å². The Labute approximate surface area is 164 Å². The molecule has 7 nitrogen and oxygen atoms in total. The average molecular weight is 379 g/mol. The second-order valence-corrected chi connectivity index (χ2v) is 8.16. The van der Waals surface area contributed by atoms with Crippen LogP contribution in [0.3, 0.4) is 0 Å². The molecule has 0 fully saturated rings. The number of carbonyl (C=O) groups is 1. The van der Waals surface area contributed by atoms with Gasteiger partial charge in [-0.1, -0.05) is 13.8 Å². The third kappa shape index (κ3) is 3.40. The van der Waals surface area contributed by atoms with Crippen LogP contribution in [-0.4, -0.2) is 33.0 Å². The summed E-state index contributed by atoms with van der Waals surface area (Å²) >= 11 is 0. The summed E-state index contributed by atoms with van der Waals surface area (Å²) in [5.41, 5.74) is 4.48. The predicted octanol–water partition coefficient (Wildman–Crippen LogP) is 3.36. The maximum atomic E-state index is 12.7. The second-order valence-electron chi connectivity index (χ2n) is 8.16. The Balaban J connectivity index is 1.66. The largest absolute Gasteiger partial charge is 0.497 e. The minimum atomic E-state index is -0.171. The number of hydrogen-bond donors (Lipinski definition) is 2. The van der Waals surface area contributed by atoms with Crippen molar-refractivity contribution in [3.8, 4) is 11.4 Å². The zero-order valence-electron chi connectivity index (χ0n) is 16.6. The molecule has 28 heavy (non-hydrogen) atoms. The van der Waals surface area contributed by atoms with E-state index in [0.29, 0.717) is 5.69 Å². The van der Waals surface area contributed by atoms with Gasteiger partial charge in [0.2, 0.25) is 0 Å². The number of nitrogens with zero attached hydrogens (tertiary/aromatic N) is 3. The molecule has 0 aliphatic heterocycles. The van der Waals surface area contributed by atoms with E-state index < -0.39 is 0 Å². The molecule has 2 heterocycles. The molecule has 0 unspecified atom stereocenters. The van der Waals surface area contributed by atoms with Crippen LogP contribution in [0.25, 0.3) is 5.69 Å². The van der Waals surface area contributed by atoms with Crippen molar-refractivity contribution in [2.75, 3.05) is 7.11 Å². The molecule has 146 valence electrons. The van der Waals surface area contributed by atoms with E-state index in [4.69, 9.17) is 4.74 Å². The summed E-state index contributed by atoms with van der Waals surface area (Å²) in [5.74, 6) is 0.639. The lowest BCUT2D eigenvalue weighted by molar-refractivity contribution is 0.0914. The number of hydrogen-bond acceptors (Lipinski definition) is 4. The minimum absolute atomic E-state index is 0.0384. The van der Waals surface area contributed by atoms with Crippen LogP contribution in [0.5, 0.6) is 5.75 Å². The van der Waals surface area contributed by atoms with Crippen LogP contribution in [-0.2, 0) is 6.42 Å². The summed E-state index contributed by atoms with van der Waals surface area (Å²) in [6.45, 7) is 6.32. The molecule has 2 aromatic heterocycles. The Hall–Kier alpha value is -3.09. The Morgan fingerprint density at radius 3 is 2.71 bits per heavy atom. The summed E-state index contributed by atoms with van der Waals surface area (Å²) < 4.78 is 7.22. The molecule has 3 aromatic rings. The maximum absolute atomic E-state index is 12.7. The van der Waals surface area contributed by atoms with Crippen molar-refractivity contribution in [1.82, 2.24) is 25.3 Å². The Bertz CT molecular complexity index is 1000. The molecule has 1 amide bonds. The average Bonchev–Trinajstić information content (AvgIpc) is 3.27. The monoisotopic (exact) mass is 379 g/mol. The van der Waals surface area contributed by atoms with Crippen molar-refractivity contribution >= 4 is 5.91 Å². The number of amides is 1. The number of H-pyrrole nitrogens is 1. The van der Waals surface area contributed by atoms with Gasteiger partial charge in [-0.25, -0.2) is 4.68 Å². The van der Waals surface area contributed by atoms with Crippen LogP contribution in [0, 0.1) is 12.3 Å². The lowest BCUT2D eigenvalue weighted by atomic mass is 9.74. The molecule has 0 radical (unpaired) electrons. The highest BCUT2D eigenvalue weighted by molar-refractivity contribution is 5.92. The number of nitrogens with one attached hydrogen (secondary N) is 2. The van der Waals surface area contributed by atoms with Crippen molar-refractivity contribution in [1.29, 1.82) is 0 Å². The van der Waals surface area contributed by atoms with E-state index >= 15 is 0 Å². The van der Waals surface area contributed by atoms with E-state index in [1.807, 2.05) is 42.1 Å². The molecule has 1 atom stereocenters. The highest BCUT2D eigenvalue weighted by atomic mass is 16.5. The van der Waals surface area contributed by atoms with Gasteiger partial charge >= 0.3 is 0 Å². The summed E-state index contributed by atoms with van der Waals surface area (Å²) in [6.07, 6.45) is 3.61. The first-order chi connectivity index (χ1) is 13.4. The van der Waals surface area contributed by atoms with Gasteiger partial charge in [0.25, 0.3) is 5.91 Å². The number of aromatic nitrogens is 4. The third-order valence-electron chi connectivity index (χ3n) is 5.24. The van der Waals surface area contributed by atoms with Gasteiger partial charge in [0, 0.05) is 11.3 Å². The van der Waals surface area contributed by atoms with Crippen molar-refractivity contribution in [2.45, 2.75) is 39.7 Å². The van der Waals surface area contributed by atoms with Crippen molar-refractivity contribution in [3.05, 3.63) is 59.2 Å². The van der Waals surface area contributed by atoms with E-state index in [1.54, 1.807) is 13.2 Å². The molecule has 4 rings (SSSR count). The molecule has 1 aliphatic rings. The molecule has 0 spiro atoms. The van der Waals surface area contributed by atoms with Crippen LogP contribution in [0.4, 0.5) is 0 Å². The third-order valence-corrected chi connectivity index (χ3v) is 5.24. The van der Waals surface area contributed by atoms with E-state index in [1.165, 1.54) is 0 Å². The zero-order chi connectivity index (χ0) is 19.9. The lowest BCUT2D eigenvalue weighted by Crippen LogP contribution is -2.37. The van der Waals surface area contributed by atoms with Gasteiger partial charge < -0.3 is 10.1 Å². The number of aromatic amines is 1. The summed E-state index contributed by atoms with van der Waals surface area (Å²) in [6, 6.07) is 9.50. The molecular formula is C21H25N5O2. The highest BCUT2D eigenvalue weighted by Crippen LogP contribution is 2.41. The van der Waals surface area contributed by atoms with Gasteiger partial charge in [-0.2, -0.15) is 10.2 Å². The first-order valence-corrected chi connectivity index (χ1v) is 9.40. The van der Waals surface area contributed by atoms with Crippen molar-refractivity contribution < 1.29 is 9.53 Å². The second kappa shape index (κ2) is 6.82. The Morgan fingerprint density at radius 1 is 1.32 bits per heavy atom. The molecule has 1 aromatic carbocycles. The summed E-state index contributed by atoms with van der Waals surface area (Å²) in [5, 5.41) is 14.7. The normalized spacial score (nSPS) is 17.8. The fourth-order valence-electron chi connectivity index (χ4n) is 3.88. The summed E-state index contributed by atoms with van der Waals surface area (Å²) in [7, 11) is 1.65. The quantitative estimate of drug-likeness (QED) is 0.728. The van der Waals surface area contributed by atoms with E-state index in [0.717, 1.165) is 41.2 Å². The number of methoxy groups -OCH3 is 1.